The standard InChI is InChI=1S/C30H30FN5O2/c31-25-15-21(16-26-27(25)30(37)32-9-12-38-26)28-24-14-22(17-33-29(24)35-34-28)20-4-3-18-5-7-23(8-6-19(18)13-20)36-10-1-2-11-36/h3-4,13-17,23H,1-2,5-12H2,(H,32,37)(H,33,34,35). The highest BCUT2D eigenvalue weighted by atomic mass is 19.1. The first-order valence-electron chi connectivity index (χ1n) is 13.6. The van der Waals surface area contributed by atoms with Gasteiger partial charge in [-0.2, -0.15) is 5.10 Å². The number of amides is 1. The number of H-pyrrole nitrogens is 1. The van der Waals surface area contributed by atoms with Crippen LogP contribution in [0, 0.1) is 5.82 Å². The Hall–Kier alpha value is -3.78. The lowest BCUT2D eigenvalue weighted by atomic mass is 9.96. The molecule has 1 fully saturated rings. The van der Waals surface area contributed by atoms with Gasteiger partial charge in [0.15, 0.2) is 5.65 Å². The molecule has 0 spiro atoms. The quantitative estimate of drug-likeness (QED) is 0.383. The van der Waals surface area contributed by atoms with E-state index in [0.29, 0.717) is 29.5 Å². The van der Waals surface area contributed by atoms with E-state index in [0.717, 1.165) is 29.4 Å². The molecule has 2 aliphatic heterocycles. The number of hydrogen-bond acceptors (Lipinski definition) is 5. The highest BCUT2D eigenvalue weighted by Gasteiger charge is 2.25. The molecule has 2 N–H and O–H groups in total. The second-order valence-electron chi connectivity index (χ2n) is 10.6. The number of pyridine rings is 1. The first kappa shape index (κ1) is 23.3. The topological polar surface area (TPSA) is 83.1 Å². The van der Waals surface area contributed by atoms with Gasteiger partial charge in [-0.1, -0.05) is 18.2 Å². The molecular weight excluding hydrogens is 481 g/mol. The first-order valence-corrected chi connectivity index (χ1v) is 13.6. The van der Waals surface area contributed by atoms with Gasteiger partial charge >= 0.3 is 0 Å². The molecule has 1 aliphatic carbocycles. The van der Waals surface area contributed by atoms with Crippen LogP contribution in [0.25, 0.3) is 33.4 Å². The predicted octanol–water partition coefficient (Wildman–Crippen LogP) is 4.90. The number of aromatic amines is 1. The van der Waals surface area contributed by atoms with E-state index < -0.39 is 11.7 Å². The van der Waals surface area contributed by atoms with Gasteiger partial charge in [0.05, 0.1) is 12.2 Å². The van der Waals surface area contributed by atoms with Gasteiger partial charge < -0.3 is 15.0 Å². The average molecular weight is 512 g/mol. The zero-order valence-corrected chi connectivity index (χ0v) is 21.2. The Labute approximate surface area is 220 Å². The van der Waals surface area contributed by atoms with Crippen LogP contribution in [-0.4, -0.2) is 58.3 Å². The van der Waals surface area contributed by atoms with E-state index in [-0.39, 0.29) is 17.9 Å². The smallest absolute Gasteiger partial charge is 0.258 e. The Balaban J connectivity index is 1.22. The molecule has 0 saturated carbocycles. The van der Waals surface area contributed by atoms with Gasteiger partial charge in [0.25, 0.3) is 5.91 Å². The average Bonchev–Trinajstić information content (AvgIpc) is 3.52. The fraction of sp³-hybridized carbons (Fsp3) is 0.367. The number of fused-ring (bicyclic) bond motifs is 3. The van der Waals surface area contributed by atoms with Crippen molar-refractivity contribution in [2.45, 2.75) is 44.6 Å². The first-order chi connectivity index (χ1) is 18.6. The number of ether oxygens (including phenoxy) is 1. The lowest BCUT2D eigenvalue weighted by molar-refractivity contribution is 0.0953. The number of carbonyl (C=O) groups excluding carboxylic acids is 1. The summed E-state index contributed by atoms with van der Waals surface area (Å²) in [7, 11) is 0. The number of likely N-dealkylation sites (tertiary alicyclic amines) is 1. The molecular formula is C30H30FN5O2. The molecule has 8 heteroatoms. The Morgan fingerprint density at radius 3 is 2.68 bits per heavy atom. The van der Waals surface area contributed by atoms with E-state index in [1.54, 1.807) is 6.07 Å². The van der Waals surface area contributed by atoms with Crippen molar-refractivity contribution in [3.05, 3.63) is 65.1 Å². The van der Waals surface area contributed by atoms with Crippen molar-refractivity contribution < 1.29 is 13.9 Å². The summed E-state index contributed by atoms with van der Waals surface area (Å²) in [4.78, 5) is 19.6. The number of hydrogen-bond donors (Lipinski definition) is 2. The minimum Gasteiger partial charge on any atom is -0.491 e. The van der Waals surface area contributed by atoms with E-state index in [4.69, 9.17) is 4.74 Å². The fourth-order valence-corrected chi connectivity index (χ4v) is 6.29. The number of carbonyl (C=O) groups is 1. The Morgan fingerprint density at radius 1 is 0.974 bits per heavy atom. The molecule has 7 rings (SSSR count). The summed E-state index contributed by atoms with van der Waals surface area (Å²) >= 11 is 0. The molecule has 1 atom stereocenters. The van der Waals surface area contributed by atoms with Gasteiger partial charge in [0.1, 0.15) is 23.7 Å². The fourth-order valence-electron chi connectivity index (χ4n) is 6.29. The van der Waals surface area contributed by atoms with E-state index in [1.165, 1.54) is 56.0 Å². The highest BCUT2D eigenvalue weighted by molar-refractivity contribution is 5.99. The zero-order chi connectivity index (χ0) is 25.6. The van der Waals surface area contributed by atoms with E-state index in [9.17, 15) is 4.79 Å². The second kappa shape index (κ2) is 9.51. The summed E-state index contributed by atoms with van der Waals surface area (Å²) < 4.78 is 20.7. The summed E-state index contributed by atoms with van der Waals surface area (Å²) in [5.74, 6) is -0.850. The summed E-state index contributed by atoms with van der Waals surface area (Å²) in [5.41, 5.74) is 6.71. The van der Waals surface area contributed by atoms with Crippen LogP contribution in [0.3, 0.4) is 0 Å². The summed E-state index contributed by atoms with van der Waals surface area (Å²) in [6, 6.07) is 12.6. The molecule has 4 aromatic rings. The number of nitrogens with one attached hydrogen (secondary N) is 2. The van der Waals surface area contributed by atoms with Crippen LogP contribution >= 0.6 is 0 Å². The maximum absolute atomic E-state index is 15.0. The summed E-state index contributed by atoms with van der Waals surface area (Å²) in [6.45, 7) is 3.12. The third-order valence-electron chi connectivity index (χ3n) is 8.32. The summed E-state index contributed by atoms with van der Waals surface area (Å²) in [5, 5.41) is 10.8. The molecule has 1 unspecified atom stereocenters. The van der Waals surface area contributed by atoms with Gasteiger partial charge in [-0.3, -0.25) is 9.89 Å². The lowest BCUT2D eigenvalue weighted by Crippen LogP contribution is -2.32. The minimum atomic E-state index is -0.623. The van der Waals surface area contributed by atoms with Crippen molar-refractivity contribution in [2.24, 2.45) is 0 Å². The van der Waals surface area contributed by atoms with Crippen LogP contribution in [0.2, 0.25) is 0 Å². The molecule has 2 aromatic heterocycles. The van der Waals surface area contributed by atoms with Crippen LogP contribution in [0.5, 0.6) is 5.75 Å². The van der Waals surface area contributed by atoms with Crippen LogP contribution in [0.15, 0.2) is 42.6 Å². The summed E-state index contributed by atoms with van der Waals surface area (Å²) in [6.07, 6.45) is 9.19. The molecule has 4 heterocycles. The van der Waals surface area contributed by atoms with Crippen LogP contribution < -0.4 is 10.1 Å². The van der Waals surface area contributed by atoms with Gasteiger partial charge in [-0.05, 0) is 86.5 Å². The largest absolute Gasteiger partial charge is 0.491 e. The number of aryl methyl sites for hydroxylation is 2. The van der Waals surface area contributed by atoms with Crippen molar-refractivity contribution >= 4 is 16.9 Å². The van der Waals surface area contributed by atoms with Crippen molar-refractivity contribution in [3.8, 4) is 28.1 Å². The molecule has 0 radical (unpaired) electrons. The third-order valence-corrected chi connectivity index (χ3v) is 8.32. The molecule has 1 amide bonds. The SMILES string of the molecule is O=C1NCCOc2cc(-c3[nH]nc4ncc(-c5ccc6c(c5)CCC(N5CCCC5)CC6)cc34)cc(F)c21. The van der Waals surface area contributed by atoms with Crippen molar-refractivity contribution in [3.63, 3.8) is 0 Å². The molecule has 194 valence electrons. The number of aromatic nitrogens is 3. The van der Waals surface area contributed by atoms with Crippen LogP contribution in [-0.2, 0) is 12.8 Å². The van der Waals surface area contributed by atoms with Crippen LogP contribution in [0.4, 0.5) is 4.39 Å². The monoisotopic (exact) mass is 511 g/mol. The number of rotatable bonds is 3. The third kappa shape index (κ3) is 4.13. The van der Waals surface area contributed by atoms with E-state index in [2.05, 4.69) is 49.7 Å². The molecule has 3 aliphatic rings. The van der Waals surface area contributed by atoms with Gasteiger partial charge in [0.2, 0.25) is 0 Å². The van der Waals surface area contributed by atoms with Crippen molar-refractivity contribution in [1.82, 2.24) is 25.4 Å². The molecule has 1 saturated heterocycles. The van der Waals surface area contributed by atoms with Crippen molar-refractivity contribution in [2.75, 3.05) is 26.2 Å². The predicted molar refractivity (Wildman–Crippen MR) is 144 cm³/mol. The van der Waals surface area contributed by atoms with Crippen molar-refractivity contribution in [1.29, 1.82) is 0 Å². The number of nitrogens with zero attached hydrogens (tertiary/aromatic N) is 3. The van der Waals surface area contributed by atoms with Gasteiger partial charge in [0, 0.05) is 28.8 Å². The highest BCUT2D eigenvalue weighted by Crippen LogP contribution is 2.35. The lowest BCUT2D eigenvalue weighted by Gasteiger charge is -2.25. The maximum Gasteiger partial charge on any atom is 0.258 e. The molecule has 7 nitrogen and oxygen atoms in total. The maximum atomic E-state index is 15.0. The molecule has 2 aromatic carbocycles. The zero-order valence-electron chi connectivity index (χ0n) is 21.2. The van der Waals surface area contributed by atoms with Gasteiger partial charge in [-0.15, -0.1) is 0 Å². The number of halogens is 1. The Kier molecular flexibility index (Phi) is 5.84. The van der Waals surface area contributed by atoms with E-state index in [1.807, 2.05) is 6.20 Å². The minimum absolute atomic E-state index is 0.0640. The van der Waals surface area contributed by atoms with Crippen LogP contribution in [0.1, 0.15) is 47.2 Å². The van der Waals surface area contributed by atoms with E-state index >= 15 is 4.39 Å². The second-order valence-corrected chi connectivity index (χ2v) is 10.6. The normalized spacial score (nSPS) is 19.8. The Morgan fingerprint density at radius 2 is 1.82 bits per heavy atom. The molecule has 0 bridgehead atoms. The molecule has 38 heavy (non-hydrogen) atoms. The Bertz CT molecular complexity index is 1540. The van der Waals surface area contributed by atoms with Gasteiger partial charge in [-0.25, -0.2) is 9.37 Å². The number of benzene rings is 2.